The highest BCUT2D eigenvalue weighted by Crippen LogP contribution is 2.47. The predicted octanol–water partition coefficient (Wildman–Crippen LogP) is 1.09. The number of hydrogen-bond acceptors (Lipinski definition) is 5. The molecule has 1 aliphatic carbocycles. The van der Waals surface area contributed by atoms with Crippen molar-refractivity contribution in [3.8, 4) is 6.07 Å². The van der Waals surface area contributed by atoms with Gasteiger partial charge in [0.15, 0.2) is 5.78 Å². The molecule has 0 amide bonds. The molecule has 1 saturated heterocycles. The Hall–Kier alpha value is -1.38. The van der Waals surface area contributed by atoms with Crippen molar-refractivity contribution in [1.29, 1.82) is 5.26 Å². The molecule has 0 radical (unpaired) electrons. The van der Waals surface area contributed by atoms with Gasteiger partial charge < -0.3 is 10.3 Å². The van der Waals surface area contributed by atoms with E-state index in [1.165, 1.54) is 0 Å². The maximum Gasteiger partial charge on any atom is 0.180 e. The number of nitrogens with one attached hydrogen (secondary N) is 2. The van der Waals surface area contributed by atoms with Gasteiger partial charge in [0.2, 0.25) is 0 Å². The van der Waals surface area contributed by atoms with Gasteiger partial charge in [-0.15, -0.1) is 0 Å². The van der Waals surface area contributed by atoms with Crippen molar-refractivity contribution in [3.05, 3.63) is 11.3 Å². The quantitative estimate of drug-likeness (QED) is 0.749. The number of nitrogens with zero attached hydrogens (tertiary/aromatic N) is 2. The van der Waals surface area contributed by atoms with Gasteiger partial charge in [0.25, 0.3) is 0 Å². The molecule has 0 bridgehead atoms. The second-order valence-corrected chi connectivity index (χ2v) is 6.56. The van der Waals surface area contributed by atoms with Crippen LogP contribution in [0.25, 0.3) is 0 Å². The van der Waals surface area contributed by atoms with Gasteiger partial charge in [-0.3, -0.25) is 4.79 Å². The summed E-state index contributed by atoms with van der Waals surface area (Å²) in [6.07, 6.45) is 3.60. The molecule has 5 heteroatoms. The zero-order valence-corrected chi connectivity index (χ0v) is 12.2. The Morgan fingerprint density at radius 2 is 2.05 bits per heavy atom. The van der Waals surface area contributed by atoms with Gasteiger partial charge in [0.1, 0.15) is 6.04 Å². The number of carbonyl (C=O) groups is 1. The van der Waals surface area contributed by atoms with Gasteiger partial charge in [0.05, 0.1) is 11.8 Å². The van der Waals surface area contributed by atoms with E-state index in [0.717, 1.165) is 43.6 Å². The Kier molecular flexibility index (Phi) is 3.31. The van der Waals surface area contributed by atoms with E-state index in [0.29, 0.717) is 6.42 Å². The minimum Gasteiger partial charge on any atom is -0.317 e. The summed E-state index contributed by atoms with van der Waals surface area (Å²) < 4.78 is 0. The van der Waals surface area contributed by atoms with Gasteiger partial charge in [-0.25, -0.2) is 5.43 Å². The summed E-state index contributed by atoms with van der Waals surface area (Å²) in [6.45, 7) is 6.04. The van der Waals surface area contributed by atoms with Crippen molar-refractivity contribution in [1.82, 2.24) is 15.8 Å². The minimum atomic E-state index is -0.330. The van der Waals surface area contributed by atoms with Crippen LogP contribution in [0, 0.1) is 16.7 Å². The third kappa shape index (κ3) is 2.04. The van der Waals surface area contributed by atoms with Crippen LogP contribution in [0.2, 0.25) is 0 Å². The van der Waals surface area contributed by atoms with E-state index < -0.39 is 0 Å². The summed E-state index contributed by atoms with van der Waals surface area (Å²) in [7, 11) is 0. The monoisotopic (exact) mass is 274 g/mol. The smallest absolute Gasteiger partial charge is 0.180 e. The molecule has 1 unspecified atom stereocenters. The molecule has 1 spiro atoms. The van der Waals surface area contributed by atoms with Crippen molar-refractivity contribution < 1.29 is 4.79 Å². The van der Waals surface area contributed by atoms with Crippen LogP contribution in [0.1, 0.15) is 39.5 Å². The number of carbonyl (C=O) groups excluding carboxylic acids is 1. The molecule has 3 aliphatic rings. The first-order chi connectivity index (χ1) is 9.56. The number of ketones is 1. The Morgan fingerprint density at radius 1 is 1.35 bits per heavy atom. The molecule has 0 aromatic heterocycles. The van der Waals surface area contributed by atoms with Crippen molar-refractivity contribution in [2.45, 2.75) is 51.6 Å². The van der Waals surface area contributed by atoms with Crippen LogP contribution >= 0.6 is 0 Å². The zero-order valence-electron chi connectivity index (χ0n) is 12.2. The lowest BCUT2D eigenvalue weighted by atomic mass is 9.66. The molecule has 0 aromatic rings. The summed E-state index contributed by atoms with van der Waals surface area (Å²) in [6, 6.07) is 2.17. The van der Waals surface area contributed by atoms with Crippen molar-refractivity contribution in [2.24, 2.45) is 5.41 Å². The summed E-state index contributed by atoms with van der Waals surface area (Å²) in [5.41, 5.74) is 5.09. The molecule has 2 aliphatic heterocycles. The van der Waals surface area contributed by atoms with Gasteiger partial charge >= 0.3 is 0 Å². The summed E-state index contributed by atoms with van der Waals surface area (Å²) in [4.78, 5) is 12.7. The molecular formula is C15H22N4O. The summed E-state index contributed by atoms with van der Waals surface area (Å²) >= 11 is 0. The minimum absolute atomic E-state index is 0.0882. The molecule has 1 atom stereocenters. The number of Topliss-reactive ketones (excluding diaryl/α,β-unsaturated/α-hetero) is 1. The van der Waals surface area contributed by atoms with E-state index >= 15 is 0 Å². The fourth-order valence-corrected chi connectivity index (χ4v) is 3.79. The highest BCUT2D eigenvalue weighted by atomic mass is 16.1. The van der Waals surface area contributed by atoms with Crippen molar-refractivity contribution in [3.63, 3.8) is 0 Å². The molecule has 3 rings (SSSR count). The predicted molar refractivity (Wildman–Crippen MR) is 75.3 cm³/mol. The van der Waals surface area contributed by atoms with Crippen LogP contribution in [0.4, 0.5) is 0 Å². The van der Waals surface area contributed by atoms with Gasteiger partial charge in [-0.05, 0) is 57.2 Å². The summed E-state index contributed by atoms with van der Waals surface area (Å²) in [5, 5.41) is 14.6. The van der Waals surface area contributed by atoms with Crippen LogP contribution in [0.5, 0.6) is 0 Å². The second kappa shape index (κ2) is 4.87. The standard InChI is InChI=1S/C15H22N4O/c1-10(2)19-14-11(12(9-16)18-19)7-15(8-13(14)20)3-5-17-6-4-15/h10,12,17-18H,3-8H2,1-2H3. The highest BCUT2D eigenvalue weighted by Gasteiger charge is 2.47. The van der Waals surface area contributed by atoms with E-state index in [-0.39, 0.29) is 23.3 Å². The van der Waals surface area contributed by atoms with Crippen LogP contribution < -0.4 is 10.7 Å². The lowest BCUT2D eigenvalue weighted by Crippen LogP contribution is -2.44. The fraction of sp³-hybridized carbons (Fsp3) is 0.733. The Balaban J connectivity index is 1.96. The van der Waals surface area contributed by atoms with Crippen LogP contribution in [-0.2, 0) is 4.79 Å². The first kappa shape index (κ1) is 13.6. The number of rotatable bonds is 1. The van der Waals surface area contributed by atoms with Crippen LogP contribution in [0.3, 0.4) is 0 Å². The number of piperidine rings is 1. The molecule has 108 valence electrons. The molecular weight excluding hydrogens is 252 g/mol. The number of hydrogen-bond donors (Lipinski definition) is 2. The third-order valence-corrected chi connectivity index (χ3v) is 4.84. The molecule has 0 aromatic carbocycles. The van der Waals surface area contributed by atoms with Crippen molar-refractivity contribution in [2.75, 3.05) is 13.1 Å². The first-order valence-corrected chi connectivity index (χ1v) is 7.48. The Labute approximate surface area is 120 Å². The molecule has 0 saturated carbocycles. The van der Waals surface area contributed by atoms with E-state index in [4.69, 9.17) is 0 Å². The summed E-state index contributed by atoms with van der Waals surface area (Å²) in [5.74, 6) is 0.215. The van der Waals surface area contributed by atoms with E-state index in [2.05, 4.69) is 16.8 Å². The maximum atomic E-state index is 12.7. The third-order valence-electron chi connectivity index (χ3n) is 4.84. The Morgan fingerprint density at radius 3 is 2.65 bits per heavy atom. The fourth-order valence-electron chi connectivity index (χ4n) is 3.79. The lowest BCUT2D eigenvalue weighted by molar-refractivity contribution is -0.121. The molecule has 20 heavy (non-hydrogen) atoms. The number of allylic oxidation sites excluding steroid dienone is 1. The lowest BCUT2D eigenvalue weighted by Gasteiger charge is -2.41. The van der Waals surface area contributed by atoms with Gasteiger partial charge in [-0.1, -0.05) is 0 Å². The number of nitriles is 1. The first-order valence-electron chi connectivity index (χ1n) is 7.48. The molecule has 5 nitrogen and oxygen atoms in total. The van der Waals surface area contributed by atoms with Crippen LogP contribution in [0.15, 0.2) is 11.3 Å². The SMILES string of the molecule is CC(C)N1NC(C#N)C2=C1C(=O)CC1(CCNCC1)C2. The van der Waals surface area contributed by atoms with E-state index in [9.17, 15) is 10.1 Å². The van der Waals surface area contributed by atoms with Gasteiger partial charge in [-0.2, -0.15) is 5.26 Å². The molecule has 2 heterocycles. The Bertz CT molecular complexity index is 496. The largest absolute Gasteiger partial charge is 0.317 e. The maximum absolute atomic E-state index is 12.7. The zero-order chi connectivity index (χ0) is 14.3. The molecule has 1 fully saturated rings. The van der Waals surface area contributed by atoms with E-state index in [1.54, 1.807) is 0 Å². The van der Waals surface area contributed by atoms with Crippen LogP contribution in [-0.4, -0.2) is 36.0 Å². The number of hydrazine groups is 1. The normalized spacial score (nSPS) is 29.0. The topological polar surface area (TPSA) is 68.2 Å². The van der Waals surface area contributed by atoms with Crippen molar-refractivity contribution >= 4 is 5.78 Å². The average molecular weight is 274 g/mol. The highest BCUT2D eigenvalue weighted by molar-refractivity contribution is 5.98. The average Bonchev–Trinajstić information content (AvgIpc) is 2.78. The van der Waals surface area contributed by atoms with E-state index in [1.807, 2.05) is 18.9 Å². The van der Waals surface area contributed by atoms with Gasteiger partial charge in [0, 0.05) is 12.5 Å². The second-order valence-electron chi connectivity index (χ2n) is 6.56. The molecule has 2 N–H and O–H groups in total.